The first-order chi connectivity index (χ1) is 12.9. The molecule has 8 nitrogen and oxygen atoms in total. The van der Waals surface area contributed by atoms with Crippen molar-refractivity contribution in [2.75, 3.05) is 11.9 Å². The third-order valence-electron chi connectivity index (χ3n) is 4.24. The summed E-state index contributed by atoms with van der Waals surface area (Å²) < 4.78 is 10.3. The first-order valence-corrected chi connectivity index (χ1v) is 9.59. The number of carbonyl (C=O) groups excluding carboxylic acids is 2. The van der Waals surface area contributed by atoms with E-state index in [-0.39, 0.29) is 12.2 Å². The van der Waals surface area contributed by atoms with E-state index >= 15 is 0 Å². The standard InChI is InChI=1S/C18H22N4O4S/c1-10-6-12(7-11(2)26-10)13-4-3-5-14(20-13)15-9-27-18(21-15)22-16(23)8-25-17(19)24/h3-5,9-12H,6-8H2,1-2H3,(H2,19,24)(H,21,22,23). The van der Waals surface area contributed by atoms with Crippen LogP contribution in [0.3, 0.4) is 0 Å². The van der Waals surface area contributed by atoms with Crippen LogP contribution in [0.4, 0.5) is 9.93 Å². The molecule has 3 N–H and O–H groups in total. The molecule has 0 spiro atoms. The molecule has 1 fully saturated rings. The zero-order valence-electron chi connectivity index (χ0n) is 15.2. The van der Waals surface area contributed by atoms with E-state index in [1.165, 1.54) is 11.3 Å². The number of hydrogen-bond donors (Lipinski definition) is 2. The molecule has 2 unspecified atom stereocenters. The Balaban J connectivity index is 1.69. The van der Waals surface area contributed by atoms with Gasteiger partial charge in [-0.2, -0.15) is 0 Å². The largest absolute Gasteiger partial charge is 0.440 e. The molecular weight excluding hydrogens is 368 g/mol. The summed E-state index contributed by atoms with van der Waals surface area (Å²) in [5, 5.41) is 4.80. The summed E-state index contributed by atoms with van der Waals surface area (Å²) in [5.41, 5.74) is 7.30. The molecular formula is C18H22N4O4S. The number of ether oxygens (including phenoxy) is 2. The summed E-state index contributed by atoms with van der Waals surface area (Å²) in [6.07, 6.45) is 1.32. The highest BCUT2D eigenvalue weighted by Gasteiger charge is 2.26. The second-order valence-electron chi connectivity index (χ2n) is 6.57. The highest BCUT2D eigenvalue weighted by Crippen LogP contribution is 2.33. The molecule has 9 heteroatoms. The monoisotopic (exact) mass is 390 g/mol. The van der Waals surface area contributed by atoms with Gasteiger partial charge in [0.25, 0.3) is 5.91 Å². The van der Waals surface area contributed by atoms with Gasteiger partial charge in [0, 0.05) is 17.0 Å². The van der Waals surface area contributed by atoms with Crippen LogP contribution in [0.5, 0.6) is 0 Å². The number of rotatable bonds is 5. The number of aromatic nitrogens is 2. The average Bonchev–Trinajstić information content (AvgIpc) is 3.08. The predicted octanol–water partition coefficient (Wildman–Crippen LogP) is 2.91. The topological polar surface area (TPSA) is 116 Å². The number of thiazole rings is 1. The molecule has 0 saturated carbocycles. The molecule has 144 valence electrons. The Morgan fingerprint density at radius 1 is 1.26 bits per heavy atom. The Morgan fingerprint density at radius 3 is 2.70 bits per heavy atom. The van der Waals surface area contributed by atoms with Crippen molar-refractivity contribution in [1.29, 1.82) is 0 Å². The van der Waals surface area contributed by atoms with Gasteiger partial charge in [-0.3, -0.25) is 15.1 Å². The molecule has 27 heavy (non-hydrogen) atoms. The normalized spacial score (nSPS) is 22.2. The van der Waals surface area contributed by atoms with Gasteiger partial charge in [-0.25, -0.2) is 9.78 Å². The Morgan fingerprint density at radius 2 is 2.00 bits per heavy atom. The van der Waals surface area contributed by atoms with Crippen LogP contribution >= 0.6 is 11.3 Å². The maximum atomic E-state index is 11.7. The minimum atomic E-state index is -0.997. The summed E-state index contributed by atoms with van der Waals surface area (Å²) in [4.78, 5) is 31.4. The maximum absolute atomic E-state index is 11.7. The van der Waals surface area contributed by atoms with E-state index in [1.54, 1.807) is 0 Å². The van der Waals surface area contributed by atoms with Gasteiger partial charge in [-0.15, -0.1) is 11.3 Å². The van der Waals surface area contributed by atoms with Crippen LogP contribution < -0.4 is 11.1 Å². The SMILES string of the molecule is CC1CC(c2cccc(-c3csc(NC(=O)COC(N)=O)n3)n2)CC(C)O1. The van der Waals surface area contributed by atoms with E-state index < -0.39 is 18.6 Å². The van der Waals surface area contributed by atoms with Gasteiger partial charge in [-0.05, 0) is 38.8 Å². The first kappa shape index (κ1) is 19.2. The van der Waals surface area contributed by atoms with Crippen molar-refractivity contribution in [2.24, 2.45) is 5.73 Å². The summed E-state index contributed by atoms with van der Waals surface area (Å²) >= 11 is 1.27. The van der Waals surface area contributed by atoms with Crippen LogP contribution in [0.15, 0.2) is 23.6 Å². The average molecular weight is 390 g/mol. The highest BCUT2D eigenvalue weighted by molar-refractivity contribution is 7.14. The van der Waals surface area contributed by atoms with Crippen molar-refractivity contribution in [3.05, 3.63) is 29.3 Å². The molecule has 3 rings (SSSR count). The molecule has 3 heterocycles. The molecule has 1 aliphatic heterocycles. The summed E-state index contributed by atoms with van der Waals surface area (Å²) in [6, 6.07) is 5.91. The Kier molecular flexibility index (Phi) is 6.02. The molecule has 0 aliphatic carbocycles. The van der Waals surface area contributed by atoms with Crippen LogP contribution in [-0.4, -0.2) is 40.8 Å². The lowest BCUT2D eigenvalue weighted by molar-refractivity contribution is -0.118. The lowest BCUT2D eigenvalue weighted by atomic mass is 9.89. The Bertz CT molecular complexity index is 815. The minimum Gasteiger partial charge on any atom is -0.440 e. The molecule has 2 aromatic heterocycles. The van der Waals surface area contributed by atoms with Crippen LogP contribution in [0, 0.1) is 0 Å². The molecule has 1 aliphatic rings. The molecule has 0 bridgehead atoms. The van der Waals surface area contributed by atoms with E-state index in [4.69, 9.17) is 15.5 Å². The lowest BCUT2D eigenvalue weighted by Gasteiger charge is -2.31. The second-order valence-corrected chi connectivity index (χ2v) is 7.43. The van der Waals surface area contributed by atoms with Crippen molar-refractivity contribution in [3.8, 4) is 11.4 Å². The Hall–Kier alpha value is -2.52. The number of carbonyl (C=O) groups is 2. The van der Waals surface area contributed by atoms with Gasteiger partial charge in [0.05, 0.1) is 17.9 Å². The summed E-state index contributed by atoms with van der Waals surface area (Å²) in [5.74, 6) is -0.144. The predicted molar refractivity (Wildman–Crippen MR) is 101 cm³/mol. The van der Waals surface area contributed by atoms with Crippen molar-refractivity contribution in [3.63, 3.8) is 0 Å². The lowest BCUT2D eigenvalue weighted by Crippen LogP contribution is -2.28. The number of amides is 2. The summed E-state index contributed by atoms with van der Waals surface area (Å²) in [6.45, 7) is 3.73. The van der Waals surface area contributed by atoms with Crippen molar-refractivity contribution >= 4 is 28.5 Å². The van der Waals surface area contributed by atoms with E-state index in [0.29, 0.717) is 16.7 Å². The molecule has 0 aromatic carbocycles. The summed E-state index contributed by atoms with van der Waals surface area (Å²) in [7, 11) is 0. The van der Waals surface area contributed by atoms with Gasteiger partial charge in [0.2, 0.25) is 0 Å². The van der Waals surface area contributed by atoms with E-state index in [9.17, 15) is 9.59 Å². The number of nitrogens with one attached hydrogen (secondary N) is 1. The Labute approximate surface area is 161 Å². The zero-order chi connectivity index (χ0) is 19.4. The third-order valence-corrected chi connectivity index (χ3v) is 5.00. The van der Waals surface area contributed by atoms with Crippen molar-refractivity contribution in [2.45, 2.75) is 44.8 Å². The molecule has 2 atom stereocenters. The van der Waals surface area contributed by atoms with E-state index in [2.05, 4.69) is 28.9 Å². The minimum absolute atomic E-state index is 0.216. The maximum Gasteiger partial charge on any atom is 0.405 e. The van der Waals surface area contributed by atoms with Crippen LogP contribution in [-0.2, 0) is 14.3 Å². The smallest absolute Gasteiger partial charge is 0.405 e. The second kappa shape index (κ2) is 8.45. The van der Waals surface area contributed by atoms with Crippen molar-refractivity contribution < 1.29 is 19.1 Å². The number of pyridine rings is 1. The number of hydrogen-bond acceptors (Lipinski definition) is 7. The van der Waals surface area contributed by atoms with Gasteiger partial charge in [-0.1, -0.05) is 6.07 Å². The third kappa shape index (κ3) is 5.24. The fourth-order valence-corrected chi connectivity index (χ4v) is 3.93. The molecule has 1 saturated heterocycles. The molecule has 2 aromatic rings. The fourth-order valence-electron chi connectivity index (χ4n) is 3.21. The quantitative estimate of drug-likeness (QED) is 0.811. The van der Waals surface area contributed by atoms with Gasteiger partial charge >= 0.3 is 6.09 Å². The number of nitrogens with two attached hydrogens (primary N) is 1. The zero-order valence-corrected chi connectivity index (χ0v) is 16.0. The van der Waals surface area contributed by atoms with Crippen molar-refractivity contribution in [1.82, 2.24) is 9.97 Å². The van der Waals surface area contributed by atoms with Crippen LogP contribution in [0.2, 0.25) is 0 Å². The molecule has 2 amide bonds. The number of primary amides is 1. The van der Waals surface area contributed by atoms with E-state index in [1.807, 2.05) is 23.6 Å². The highest BCUT2D eigenvalue weighted by atomic mass is 32.1. The van der Waals surface area contributed by atoms with Crippen LogP contribution in [0.25, 0.3) is 11.4 Å². The number of anilines is 1. The van der Waals surface area contributed by atoms with Gasteiger partial charge in [0.1, 0.15) is 5.69 Å². The molecule has 0 radical (unpaired) electrons. The first-order valence-electron chi connectivity index (χ1n) is 8.71. The van der Waals surface area contributed by atoms with E-state index in [0.717, 1.165) is 24.2 Å². The number of nitrogens with zero attached hydrogens (tertiary/aromatic N) is 2. The fraction of sp³-hybridized carbons (Fsp3) is 0.444. The van der Waals surface area contributed by atoms with Gasteiger partial charge in [0.15, 0.2) is 11.7 Å². The van der Waals surface area contributed by atoms with Gasteiger partial charge < -0.3 is 15.2 Å². The van der Waals surface area contributed by atoms with Crippen LogP contribution in [0.1, 0.15) is 38.3 Å².